The van der Waals surface area contributed by atoms with E-state index in [1.165, 1.54) is 5.56 Å². The summed E-state index contributed by atoms with van der Waals surface area (Å²) in [7, 11) is 3.80. The third kappa shape index (κ3) is 10.6. The number of methoxy groups -OCH3 is 1. The van der Waals surface area contributed by atoms with Crippen LogP contribution in [-0.2, 0) is 16.0 Å². The van der Waals surface area contributed by atoms with E-state index >= 15 is 0 Å². The van der Waals surface area contributed by atoms with E-state index in [0.717, 1.165) is 51.3 Å². The van der Waals surface area contributed by atoms with Crippen molar-refractivity contribution in [3.05, 3.63) is 29.8 Å². The Labute approximate surface area is 163 Å². The van der Waals surface area contributed by atoms with Crippen LogP contribution in [-0.4, -0.2) is 70.3 Å². The smallest absolute Gasteiger partial charge is 0.246 e. The van der Waals surface area contributed by atoms with Gasteiger partial charge < -0.3 is 25.6 Å². The first-order chi connectivity index (χ1) is 13.1. The number of nitrogens with zero attached hydrogens (tertiary/aromatic N) is 2. The molecule has 0 bridgehead atoms. The zero-order valence-corrected chi connectivity index (χ0v) is 17.2. The molecule has 0 aliphatic carbocycles. The molecular formula is C20H35N5O2. The number of likely N-dealkylation sites (N-methyl/N-ethyl adjacent to an activating group) is 1. The molecule has 7 nitrogen and oxygen atoms in total. The highest BCUT2D eigenvalue weighted by atomic mass is 16.5. The van der Waals surface area contributed by atoms with Gasteiger partial charge in [-0.3, -0.25) is 4.79 Å². The monoisotopic (exact) mass is 377 g/mol. The van der Waals surface area contributed by atoms with Gasteiger partial charge in [-0.1, -0.05) is 19.1 Å². The minimum Gasteiger partial charge on any atom is -0.385 e. The number of benzene rings is 1. The van der Waals surface area contributed by atoms with Crippen LogP contribution in [0, 0.1) is 0 Å². The number of aryl methyl sites for hydroxylation is 1. The number of ether oxygens (including phenoxy) is 1. The predicted molar refractivity (Wildman–Crippen MR) is 112 cm³/mol. The quantitative estimate of drug-likeness (QED) is 0.294. The van der Waals surface area contributed by atoms with Crippen LogP contribution in [0.4, 0.5) is 5.69 Å². The van der Waals surface area contributed by atoms with Crippen molar-refractivity contribution in [2.75, 3.05) is 58.8 Å². The number of carbonyl (C=O) groups is 1. The number of amides is 1. The number of nitrogens with one attached hydrogen (secondary N) is 3. The molecule has 0 aliphatic heterocycles. The predicted octanol–water partition coefficient (Wildman–Crippen LogP) is 1.71. The molecule has 1 aromatic carbocycles. The molecule has 0 unspecified atom stereocenters. The van der Waals surface area contributed by atoms with Crippen molar-refractivity contribution < 1.29 is 9.53 Å². The minimum atomic E-state index is -0.128. The van der Waals surface area contributed by atoms with Gasteiger partial charge in [0.1, 0.15) is 6.54 Å². The van der Waals surface area contributed by atoms with Gasteiger partial charge in [0.15, 0.2) is 5.96 Å². The molecule has 1 rings (SSSR count). The van der Waals surface area contributed by atoms with E-state index in [-0.39, 0.29) is 12.5 Å². The largest absolute Gasteiger partial charge is 0.385 e. The van der Waals surface area contributed by atoms with E-state index < -0.39 is 0 Å². The summed E-state index contributed by atoms with van der Waals surface area (Å²) in [5.41, 5.74) is 2.01. The van der Waals surface area contributed by atoms with Gasteiger partial charge in [-0.05, 0) is 44.5 Å². The van der Waals surface area contributed by atoms with Crippen molar-refractivity contribution in [1.82, 2.24) is 15.5 Å². The average molecular weight is 378 g/mol. The molecule has 0 spiro atoms. The fourth-order valence-corrected chi connectivity index (χ4v) is 2.52. The number of aliphatic imine (C=N–C) groups is 1. The van der Waals surface area contributed by atoms with E-state index in [9.17, 15) is 4.79 Å². The van der Waals surface area contributed by atoms with Crippen LogP contribution in [0.3, 0.4) is 0 Å². The van der Waals surface area contributed by atoms with Crippen LogP contribution in [0.25, 0.3) is 0 Å². The Morgan fingerprint density at radius 3 is 2.74 bits per heavy atom. The maximum atomic E-state index is 12.2. The SMILES string of the molecule is CCNC(=NCC(=O)Nc1cccc(CC)c1)NCCN(C)CCCOC. The average Bonchev–Trinajstić information content (AvgIpc) is 2.66. The Morgan fingerprint density at radius 1 is 1.22 bits per heavy atom. The summed E-state index contributed by atoms with van der Waals surface area (Å²) in [5, 5.41) is 9.33. The van der Waals surface area contributed by atoms with Gasteiger partial charge in [-0.2, -0.15) is 0 Å². The molecule has 0 atom stereocenters. The topological polar surface area (TPSA) is 78.0 Å². The number of guanidine groups is 1. The molecule has 3 N–H and O–H groups in total. The van der Waals surface area contributed by atoms with Crippen LogP contribution in [0.2, 0.25) is 0 Å². The van der Waals surface area contributed by atoms with Crippen LogP contribution in [0.1, 0.15) is 25.8 Å². The molecule has 152 valence electrons. The van der Waals surface area contributed by atoms with E-state index in [2.05, 4.69) is 39.8 Å². The van der Waals surface area contributed by atoms with Crippen molar-refractivity contribution in [1.29, 1.82) is 0 Å². The summed E-state index contributed by atoms with van der Waals surface area (Å²) in [5.74, 6) is 0.525. The van der Waals surface area contributed by atoms with E-state index in [0.29, 0.717) is 5.96 Å². The van der Waals surface area contributed by atoms with Crippen LogP contribution < -0.4 is 16.0 Å². The third-order valence-corrected chi connectivity index (χ3v) is 4.02. The molecule has 1 amide bonds. The standard InChI is InChI=1S/C20H35N5O2/c1-5-17-9-7-10-18(15-17)24-19(26)16-23-20(21-6-2)22-11-13-25(3)12-8-14-27-4/h7,9-10,15H,5-6,8,11-14,16H2,1-4H3,(H,24,26)(H2,21,22,23). The second-order valence-corrected chi connectivity index (χ2v) is 6.37. The maximum Gasteiger partial charge on any atom is 0.246 e. The van der Waals surface area contributed by atoms with Crippen LogP contribution in [0.5, 0.6) is 0 Å². The van der Waals surface area contributed by atoms with Crippen LogP contribution in [0.15, 0.2) is 29.3 Å². The zero-order valence-electron chi connectivity index (χ0n) is 17.2. The molecule has 0 saturated carbocycles. The molecule has 0 aliphatic rings. The third-order valence-electron chi connectivity index (χ3n) is 4.02. The Hall–Kier alpha value is -2.12. The lowest BCUT2D eigenvalue weighted by Gasteiger charge is -2.18. The molecule has 1 aromatic rings. The summed E-state index contributed by atoms with van der Waals surface area (Å²) in [6.07, 6.45) is 1.96. The Kier molecular flexibility index (Phi) is 11.9. The summed E-state index contributed by atoms with van der Waals surface area (Å²) < 4.78 is 5.07. The fourth-order valence-electron chi connectivity index (χ4n) is 2.52. The molecular weight excluding hydrogens is 342 g/mol. The molecule has 0 radical (unpaired) electrons. The fraction of sp³-hybridized carbons (Fsp3) is 0.600. The summed E-state index contributed by atoms with van der Waals surface area (Å²) in [4.78, 5) is 18.8. The van der Waals surface area contributed by atoms with Crippen LogP contribution >= 0.6 is 0 Å². The second-order valence-electron chi connectivity index (χ2n) is 6.37. The lowest BCUT2D eigenvalue weighted by Crippen LogP contribution is -2.41. The molecule has 7 heteroatoms. The number of carbonyl (C=O) groups excluding carboxylic acids is 1. The molecule has 27 heavy (non-hydrogen) atoms. The first kappa shape index (κ1) is 22.9. The first-order valence-electron chi connectivity index (χ1n) is 9.67. The van der Waals surface area contributed by atoms with Crippen molar-refractivity contribution >= 4 is 17.6 Å². The van der Waals surface area contributed by atoms with Gasteiger partial charge in [-0.15, -0.1) is 0 Å². The van der Waals surface area contributed by atoms with E-state index in [1.807, 2.05) is 31.2 Å². The van der Waals surface area contributed by atoms with Gasteiger partial charge in [0.2, 0.25) is 5.91 Å². The Balaban J connectivity index is 2.41. The highest BCUT2D eigenvalue weighted by Crippen LogP contribution is 2.10. The lowest BCUT2D eigenvalue weighted by atomic mass is 10.1. The van der Waals surface area contributed by atoms with Gasteiger partial charge in [0, 0.05) is 45.6 Å². The van der Waals surface area contributed by atoms with Gasteiger partial charge in [0.25, 0.3) is 0 Å². The molecule has 0 fully saturated rings. The van der Waals surface area contributed by atoms with Gasteiger partial charge in [-0.25, -0.2) is 4.99 Å². The van der Waals surface area contributed by atoms with Crippen molar-refractivity contribution in [2.24, 2.45) is 4.99 Å². The molecule has 0 heterocycles. The summed E-state index contributed by atoms with van der Waals surface area (Å²) in [6, 6.07) is 7.88. The summed E-state index contributed by atoms with van der Waals surface area (Å²) in [6.45, 7) is 8.34. The first-order valence-corrected chi connectivity index (χ1v) is 9.67. The normalized spacial score (nSPS) is 11.5. The Morgan fingerprint density at radius 2 is 2.04 bits per heavy atom. The number of hydrogen-bond donors (Lipinski definition) is 3. The van der Waals surface area contributed by atoms with Gasteiger partial charge >= 0.3 is 0 Å². The number of hydrogen-bond acceptors (Lipinski definition) is 4. The van der Waals surface area contributed by atoms with Crippen molar-refractivity contribution in [3.63, 3.8) is 0 Å². The van der Waals surface area contributed by atoms with Gasteiger partial charge in [0.05, 0.1) is 0 Å². The molecule has 0 saturated heterocycles. The lowest BCUT2D eigenvalue weighted by molar-refractivity contribution is -0.114. The Bertz CT molecular complexity index is 577. The summed E-state index contributed by atoms with van der Waals surface area (Å²) >= 11 is 0. The number of rotatable bonds is 12. The second kappa shape index (κ2) is 14.0. The van der Waals surface area contributed by atoms with E-state index in [4.69, 9.17) is 4.74 Å². The molecule has 0 aromatic heterocycles. The van der Waals surface area contributed by atoms with Crippen molar-refractivity contribution in [3.8, 4) is 0 Å². The number of anilines is 1. The van der Waals surface area contributed by atoms with Crippen molar-refractivity contribution in [2.45, 2.75) is 26.7 Å². The zero-order chi connectivity index (χ0) is 19.9. The minimum absolute atomic E-state index is 0.0787. The maximum absolute atomic E-state index is 12.2. The highest BCUT2D eigenvalue weighted by Gasteiger charge is 2.04. The van der Waals surface area contributed by atoms with E-state index in [1.54, 1.807) is 7.11 Å². The highest BCUT2D eigenvalue weighted by molar-refractivity contribution is 5.94.